The summed E-state index contributed by atoms with van der Waals surface area (Å²) < 4.78 is 13.2. The first-order valence-electron chi connectivity index (χ1n) is 22.1. The van der Waals surface area contributed by atoms with Crippen molar-refractivity contribution in [2.75, 3.05) is 4.90 Å². The maximum atomic E-state index is 7.01. The van der Waals surface area contributed by atoms with E-state index in [0.717, 1.165) is 94.3 Å². The van der Waals surface area contributed by atoms with E-state index in [2.05, 4.69) is 229 Å². The largest absolute Gasteiger partial charge is 0.456 e. The van der Waals surface area contributed by atoms with Gasteiger partial charge in [0.05, 0.1) is 5.69 Å². The molecule has 0 saturated carbocycles. The summed E-state index contributed by atoms with van der Waals surface area (Å²) in [5, 5.41) is 9.46. The van der Waals surface area contributed by atoms with Crippen molar-refractivity contribution in [3.63, 3.8) is 0 Å². The summed E-state index contributed by atoms with van der Waals surface area (Å²) in [5.41, 5.74) is 15.7. The summed E-state index contributed by atoms with van der Waals surface area (Å²) >= 11 is 0. The number of anilines is 3. The van der Waals surface area contributed by atoms with Crippen LogP contribution < -0.4 is 4.90 Å². The average molecular weight is 830 g/mol. The SMILES string of the molecule is c1ccc(-c2cccc3c2oc2c(N(c4ccc(-c5ccc(-c6ccc7c(c6)oc6ccccc67)cc5)cc4)c4ccc(-c5cc6ccccc6c6ccccc56)cc4)cccc23)cc1. The van der Waals surface area contributed by atoms with Crippen molar-refractivity contribution < 1.29 is 8.83 Å². The maximum absolute atomic E-state index is 7.01. The number of furan rings is 2. The van der Waals surface area contributed by atoms with Gasteiger partial charge >= 0.3 is 0 Å². The van der Waals surface area contributed by atoms with E-state index in [-0.39, 0.29) is 0 Å². The second-order valence-corrected chi connectivity index (χ2v) is 16.8. The Balaban J connectivity index is 0.907. The van der Waals surface area contributed by atoms with E-state index in [1.165, 1.54) is 32.7 Å². The summed E-state index contributed by atoms with van der Waals surface area (Å²) in [6, 6.07) is 84.6. The van der Waals surface area contributed by atoms with Crippen LogP contribution in [0, 0.1) is 0 Å². The number of para-hydroxylation sites is 3. The third-order valence-corrected chi connectivity index (χ3v) is 13.1. The molecule has 11 aromatic carbocycles. The summed E-state index contributed by atoms with van der Waals surface area (Å²) in [7, 11) is 0. The minimum atomic E-state index is 0.844. The molecule has 0 aliphatic rings. The molecule has 0 atom stereocenters. The van der Waals surface area contributed by atoms with Crippen molar-refractivity contribution in [1.82, 2.24) is 0 Å². The van der Waals surface area contributed by atoms with Crippen LogP contribution >= 0.6 is 0 Å². The van der Waals surface area contributed by atoms with E-state index in [1.807, 2.05) is 12.1 Å². The van der Waals surface area contributed by atoms with Crippen molar-refractivity contribution in [2.45, 2.75) is 0 Å². The Morgan fingerprint density at radius 2 is 0.785 bits per heavy atom. The summed E-state index contributed by atoms with van der Waals surface area (Å²) in [6.45, 7) is 0. The fourth-order valence-corrected chi connectivity index (χ4v) is 9.90. The van der Waals surface area contributed by atoms with E-state index >= 15 is 0 Å². The summed E-state index contributed by atoms with van der Waals surface area (Å²) in [5.74, 6) is 0. The fourth-order valence-electron chi connectivity index (χ4n) is 9.90. The lowest BCUT2D eigenvalue weighted by atomic mass is 9.93. The Labute approximate surface area is 375 Å². The van der Waals surface area contributed by atoms with Gasteiger partial charge in [-0.05, 0) is 115 Å². The van der Waals surface area contributed by atoms with Gasteiger partial charge in [0.2, 0.25) is 0 Å². The van der Waals surface area contributed by atoms with Gasteiger partial charge in [0.1, 0.15) is 16.7 Å². The van der Waals surface area contributed by atoms with Crippen LogP contribution in [-0.2, 0) is 0 Å². The van der Waals surface area contributed by atoms with Gasteiger partial charge in [-0.15, -0.1) is 0 Å². The van der Waals surface area contributed by atoms with Crippen LogP contribution in [0.2, 0.25) is 0 Å². The molecule has 13 aromatic rings. The Bertz CT molecular complexity index is 3920. The van der Waals surface area contributed by atoms with E-state index in [1.54, 1.807) is 0 Å². The molecule has 304 valence electrons. The van der Waals surface area contributed by atoms with E-state index in [9.17, 15) is 0 Å². The highest BCUT2D eigenvalue weighted by atomic mass is 16.3. The molecular formula is C62H39NO2. The maximum Gasteiger partial charge on any atom is 0.159 e. The molecular weight excluding hydrogens is 791 g/mol. The monoisotopic (exact) mass is 829 g/mol. The summed E-state index contributed by atoms with van der Waals surface area (Å²) in [4.78, 5) is 2.33. The lowest BCUT2D eigenvalue weighted by Gasteiger charge is -2.26. The average Bonchev–Trinajstić information content (AvgIpc) is 3.96. The number of benzene rings is 11. The smallest absolute Gasteiger partial charge is 0.159 e. The molecule has 13 rings (SSSR count). The van der Waals surface area contributed by atoms with Crippen LogP contribution in [0.1, 0.15) is 0 Å². The first-order valence-corrected chi connectivity index (χ1v) is 22.1. The molecule has 0 fully saturated rings. The van der Waals surface area contributed by atoms with Gasteiger partial charge in [0.25, 0.3) is 0 Å². The minimum absolute atomic E-state index is 0.844. The normalized spacial score (nSPS) is 11.7. The van der Waals surface area contributed by atoms with Gasteiger partial charge < -0.3 is 13.7 Å². The van der Waals surface area contributed by atoms with E-state index in [0.29, 0.717) is 0 Å². The van der Waals surface area contributed by atoms with Crippen molar-refractivity contribution in [1.29, 1.82) is 0 Å². The first-order chi connectivity index (χ1) is 32.2. The van der Waals surface area contributed by atoms with Crippen LogP contribution in [0.4, 0.5) is 17.1 Å². The van der Waals surface area contributed by atoms with Crippen LogP contribution in [0.5, 0.6) is 0 Å². The molecule has 0 radical (unpaired) electrons. The molecule has 0 unspecified atom stereocenters. The van der Waals surface area contributed by atoms with Gasteiger partial charge in [-0.1, -0.05) is 182 Å². The molecule has 0 N–H and O–H groups in total. The zero-order chi connectivity index (χ0) is 42.8. The highest BCUT2D eigenvalue weighted by molar-refractivity contribution is 6.15. The Hall–Kier alpha value is -8.66. The highest BCUT2D eigenvalue weighted by Gasteiger charge is 2.21. The molecule has 0 aliphatic carbocycles. The molecule has 3 nitrogen and oxygen atoms in total. The van der Waals surface area contributed by atoms with Crippen molar-refractivity contribution in [3.05, 3.63) is 237 Å². The lowest BCUT2D eigenvalue weighted by molar-refractivity contribution is 0.669. The molecule has 3 heteroatoms. The van der Waals surface area contributed by atoms with Crippen molar-refractivity contribution >= 4 is 82.5 Å². The third-order valence-electron chi connectivity index (χ3n) is 13.1. The zero-order valence-electron chi connectivity index (χ0n) is 35.3. The number of rotatable bonds is 7. The number of nitrogens with zero attached hydrogens (tertiary/aromatic N) is 1. The number of hydrogen-bond acceptors (Lipinski definition) is 3. The zero-order valence-corrected chi connectivity index (χ0v) is 35.3. The molecule has 0 bridgehead atoms. The second kappa shape index (κ2) is 15.0. The molecule has 0 spiro atoms. The van der Waals surface area contributed by atoms with Gasteiger partial charge in [0.15, 0.2) is 5.58 Å². The minimum Gasteiger partial charge on any atom is -0.456 e. The number of hydrogen-bond donors (Lipinski definition) is 0. The fraction of sp³-hybridized carbons (Fsp3) is 0. The molecule has 0 aliphatic heterocycles. The van der Waals surface area contributed by atoms with Crippen molar-refractivity contribution in [2.24, 2.45) is 0 Å². The third kappa shape index (κ3) is 6.20. The van der Waals surface area contributed by atoms with Crippen LogP contribution in [0.25, 0.3) is 110 Å². The predicted molar refractivity (Wildman–Crippen MR) is 272 cm³/mol. The quantitative estimate of drug-likeness (QED) is 0.150. The second-order valence-electron chi connectivity index (χ2n) is 16.8. The number of fused-ring (bicyclic) bond motifs is 9. The Morgan fingerprint density at radius 1 is 0.262 bits per heavy atom. The van der Waals surface area contributed by atoms with Crippen LogP contribution in [0.3, 0.4) is 0 Å². The molecule has 2 aromatic heterocycles. The first kappa shape index (κ1) is 36.9. The van der Waals surface area contributed by atoms with Gasteiger partial charge in [-0.2, -0.15) is 0 Å². The van der Waals surface area contributed by atoms with Gasteiger partial charge in [0, 0.05) is 38.5 Å². The molecule has 65 heavy (non-hydrogen) atoms. The van der Waals surface area contributed by atoms with E-state index < -0.39 is 0 Å². The standard InChI is InChI=1S/C62H39NO2/c1-2-12-43(13-3-1)50-19-10-20-55-56-21-11-22-58(62(56)65-61(50)55)63(48-35-30-44(31-36-48)57-38-46-14-4-5-15-49(46)51-16-6-7-17-52(51)57)47-33-28-41(29-34-47)40-24-26-42(27-25-40)45-32-37-54-53-18-8-9-23-59(53)64-60(54)39-45/h1-39H. The van der Waals surface area contributed by atoms with Crippen molar-refractivity contribution in [3.8, 4) is 44.5 Å². The van der Waals surface area contributed by atoms with E-state index in [4.69, 9.17) is 8.83 Å². The van der Waals surface area contributed by atoms with Crippen LogP contribution in [0.15, 0.2) is 245 Å². The summed E-state index contributed by atoms with van der Waals surface area (Å²) in [6.07, 6.45) is 0. The molecule has 2 heterocycles. The lowest BCUT2D eigenvalue weighted by Crippen LogP contribution is -2.10. The van der Waals surface area contributed by atoms with Crippen LogP contribution in [-0.4, -0.2) is 0 Å². The molecule has 0 saturated heterocycles. The van der Waals surface area contributed by atoms with Gasteiger partial charge in [-0.25, -0.2) is 0 Å². The topological polar surface area (TPSA) is 29.5 Å². The Kier molecular flexibility index (Phi) is 8.53. The van der Waals surface area contributed by atoms with Gasteiger partial charge in [-0.3, -0.25) is 0 Å². The molecule has 0 amide bonds. The Morgan fingerprint density at radius 3 is 1.54 bits per heavy atom. The predicted octanol–water partition coefficient (Wildman–Crippen LogP) is 17.9. The highest BCUT2D eigenvalue weighted by Crippen LogP contribution is 2.45.